The van der Waals surface area contributed by atoms with E-state index in [1.807, 2.05) is 22.9 Å². The van der Waals surface area contributed by atoms with Crippen LogP contribution in [0.5, 0.6) is 5.75 Å². The van der Waals surface area contributed by atoms with Gasteiger partial charge in [0.25, 0.3) is 0 Å². The summed E-state index contributed by atoms with van der Waals surface area (Å²) in [6.07, 6.45) is 2.01. The van der Waals surface area contributed by atoms with Gasteiger partial charge in [0.15, 0.2) is 0 Å². The van der Waals surface area contributed by atoms with Crippen LogP contribution in [0.3, 0.4) is 0 Å². The van der Waals surface area contributed by atoms with Crippen LogP contribution in [0.15, 0.2) is 18.2 Å². The van der Waals surface area contributed by atoms with Gasteiger partial charge >= 0.3 is 0 Å². The Balaban J connectivity index is 2.13. The lowest BCUT2D eigenvalue weighted by Gasteiger charge is -2.11. The molecule has 1 aromatic carbocycles. The number of fused-ring (bicyclic) bond motifs is 1. The topological polar surface area (TPSA) is 39.1 Å². The Morgan fingerprint density at radius 3 is 2.95 bits per heavy atom. The first-order valence-electron chi connectivity index (χ1n) is 7.28. The summed E-state index contributed by atoms with van der Waals surface area (Å²) in [5.41, 5.74) is 3.38. The molecule has 0 aliphatic carbocycles. The molecule has 0 fully saturated rings. The molecule has 112 valence electrons. The van der Waals surface area contributed by atoms with Gasteiger partial charge in [0.1, 0.15) is 17.3 Å². The summed E-state index contributed by atoms with van der Waals surface area (Å²) in [7, 11) is 1.67. The third-order valence-corrected chi connectivity index (χ3v) is 3.94. The first-order chi connectivity index (χ1) is 10.1. The highest BCUT2D eigenvalue weighted by Gasteiger charge is 2.24. The zero-order valence-corrected chi connectivity index (χ0v) is 13.4. The van der Waals surface area contributed by atoms with Crippen LogP contribution in [-0.2, 0) is 12.8 Å². The lowest BCUT2D eigenvalue weighted by atomic mass is 10.0. The maximum Gasteiger partial charge on any atom is 0.144 e. The Kier molecular flexibility index (Phi) is 3.81. The second-order valence-corrected chi connectivity index (χ2v) is 6.21. The van der Waals surface area contributed by atoms with Crippen LogP contribution in [0.25, 0.3) is 5.69 Å². The van der Waals surface area contributed by atoms with Crippen molar-refractivity contribution >= 4 is 17.4 Å². The number of nitrogens with one attached hydrogen (secondary N) is 1. The maximum atomic E-state index is 6.15. The molecule has 21 heavy (non-hydrogen) atoms. The van der Waals surface area contributed by atoms with Crippen molar-refractivity contribution in [3.05, 3.63) is 34.5 Å². The van der Waals surface area contributed by atoms with Gasteiger partial charge in [0.2, 0.25) is 0 Å². The van der Waals surface area contributed by atoms with Gasteiger partial charge in [-0.15, -0.1) is 0 Å². The van der Waals surface area contributed by atoms with Gasteiger partial charge in [-0.3, -0.25) is 0 Å². The molecule has 4 nitrogen and oxygen atoms in total. The fraction of sp³-hybridized carbons (Fsp3) is 0.438. The van der Waals surface area contributed by atoms with Crippen LogP contribution in [0.4, 0.5) is 5.82 Å². The van der Waals surface area contributed by atoms with Crippen LogP contribution >= 0.6 is 11.6 Å². The summed E-state index contributed by atoms with van der Waals surface area (Å²) >= 11 is 6.15. The molecule has 0 unspecified atom stereocenters. The summed E-state index contributed by atoms with van der Waals surface area (Å²) in [6, 6.07) is 5.60. The highest BCUT2D eigenvalue weighted by molar-refractivity contribution is 6.30. The standard InChI is InChI=1S/C16H20ClN3O/c1-10(2)8-13-12-6-7-18-16(12)20(19-13)14-9-11(17)4-5-15(14)21-3/h4-5,9-10,18H,6-8H2,1-3H3. The van der Waals surface area contributed by atoms with Crippen molar-refractivity contribution in [3.8, 4) is 11.4 Å². The SMILES string of the molecule is COc1ccc(Cl)cc1-n1nc(CC(C)C)c2c1NCC2. The number of benzene rings is 1. The van der Waals surface area contributed by atoms with E-state index in [9.17, 15) is 0 Å². The van der Waals surface area contributed by atoms with E-state index in [0.717, 1.165) is 36.6 Å². The number of anilines is 1. The zero-order chi connectivity index (χ0) is 15.0. The van der Waals surface area contributed by atoms with Crippen LogP contribution < -0.4 is 10.1 Å². The minimum Gasteiger partial charge on any atom is -0.494 e. The van der Waals surface area contributed by atoms with Gasteiger partial charge in [0.05, 0.1) is 12.8 Å². The van der Waals surface area contributed by atoms with Gasteiger partial charge in [-0.05, 0) is 37.0 Å². The number of hydrogen-bond donors (Lipinski definition) is 1. The van der Waals surface area contributed by atoms with Crippen LogP contribution in [0.1, 0.15) is 25.1 Å². The Morgan fingerprint density at radius 2 is 2.24 bits per heavy atom. The van der Waals surface area contributed by atoms with E-state index in [1.165, 1.54) is 11.3 Å². The van der Waals surface area contributed by atoms with Crippen molar-refractivity contribution in [2.75, 3.05) is 19.0 Å². The maximum absolute atomic E-state index is 6.15. The average Bonchev–Trinajstić information content (AvgIpc) is 3.02. The van der Waals surface area contributed by atoms with Gasteiger partial charge < -0.3 is 10.1 Å². The van der Waals surface area contributed by atoms with E-state index in [0.29, 0.717) is 10.9 Å². The van der Waals surface area contributed by atoms with Gasteiger partial charge in [-0.2, -0.15) is 5.10 Å². The Hall–Kier alpha value is -1.68. The minimum atomic E-state index is 0.583. The van der Waals surface area contributed by atoms with Crippen LogP contribution in [-0.4, -0.2) is 23.4 Å². The largest absolute Gasteiger partial charge is 0.494 e. The van der Waals surface area contributed by atoms with Gasteiger partial charge in [0, 0.05) is 17.1 Å². The molecule has 0 atom stereocenters. The molecule has 0 saturated carbocycles. The van der Waals surface area contributed by atoms with E-state index in [1.54, 1.807) is 7.11 Å². The normalized spacial score (nSPS) is 13.4. The zero-order valence-electron chi connectivity index (χ0n) is 12.6. The lowest BCUT2D eigenvalue weighted by molar-refractivity contribution is 0.412. The summed E-state index contributed by atoms with van der Waals surface area (Å²) in [6.45, 7) is 5.39. The molecule has 5 heteroatoms. The third kappa shape index (κ3) is 2.60. The molecule has 0 amide bonds. The van der Waals surface area contributed by atoms with Gasteiger partial charge in [-0.25, -0.2) is 4.68 Å². The number of nitrogens with zero attached hydrogens (tertiary/aromatic N) is 2. The molecule has 0 bridgehead atoms. The molecular weight excluding hydrogens is 286 g/mol. The molecule has 0 saturated heterocycles. The second-order valence-electron chi connectivity index (χ2n) is 5.78. The van der Waals surface area contributed by atoms with Crippen molar-refractivity contribution in [3.63, 3.8) is 0 Å². The van der Waals surface area contributed by atoms with Crippen molar-refractivity contribution in [1.29, 1.82) is 0 Å². The van der Waals surface area contributed by atoms with Crippen molar-refractivity contribution in [2.45, 2.75) is 26.7 Å². The molecule has 0 spiro atoms. The molecule has 1 aromatic heterocycles. The van der Waals surface area contributed by atoms with E-state index in [4.69, 9.17) is 21.4 Å². The third-order valence-electron chi connectivity index (χ3n) is 3.70. The molecule has 3 rings (SSSR count). The predicted molar refractivity (Wildman–Crippen MR) is 85.9 cm³/mol. The number of aromatic nitrogens is 2. The van der Waals surface area contributed by atoms with Crippen molar-refractivity contribution < 1.29 is 4.74 Å². The molecule has 1 N–H and O–H groups in total. The predicted octanol–water partition coefficient (Wildman–Crippen LogP) is 3.70. The summed E-state index contributed by atoms with van der Waals surface area (Å²) in [4.78, 5) is 0. The number of halogens is 1. The van der Waals surface area contributed by atoms with E-state index in [2.05, 4.69) is 19.2 Å². The molecular formula is C16H20ClN3O. The molecule has 1 aliphatic heterocycles. The molecule has 0 radical (unpaired) electrons. The highest BCUT2D eigenvalue weighted by Crippen LogP contribution is 2.34. The summed E-state index contributed by atoms with van der Waals surface area (Å²) < 4.78 is 7.39. The highest BCUT2D eigenvalue weighted by atomic mass is 35.5. The number of hydrogen-bond acceptors (Lipinski definition) is 3. The first-order valence-corrected chi connectivity index (χ1v) is 7.66. The van der Waals surface area contributed by atoms with E-state index in [-0.39, 0.29) is 0 Å². The first kappa shape index (κ1) is 14.3. The molecule has 2 aromatic rings. The number of methoxy groups -OCH3 is 1. The summed E-state index contributed by atoms with van der Waals surface area (Å²) in [5.74, 6) is 2.43. The van der Waals surface area contributed by atoms with Crippen molar-refractivity contribution in [1.82, 2.24) is 9.78 Å². The minimum absolute atomic E-state index is 0.583. The Morgan fingerprint density at radius 1 is 1.43 bits per heavy atom. The van der Waals surface area contributed by atoms with Gasteiger partial charge in [-0.1, -0.05) is 25.4 Å². The fourth-order valence-electron chi connectivity index (χ4n) is 2.80. The quantitative estimate of drug-likeness (QED) is 0.936. The van der Waals surface area contributed by atoms with E-state index >= 15 is 0 Å². The van der Waals surface area contributed by atoms with Crippen LogP contribution in [0, 0.1) is 5.92 Å². The van der Waals surface area contributed by atoms with Crippen LogP contribution in [0.2, 0.25) is 5.02 Å². The number of rotatable bonds is 4. The second kappa shape index (κ2) is 5.60. The molecule has 2 heterocycles. The monoisotopic (exact) mass is 305 g/mol. The Bertz CT molecular complexity index is 664. The molecule has 1 aliphatic rings. The lowest BCUT2D eigenvalue weighted by Crippen LogP contribution is -2.07. The fourth-order valence-corrected chi connectivity index (χ4v) is 2.97. The Labute approximate surface area is 130 Å². The number of ether oxygens (including phenoxy) is 1. The van der Waals surface area contributed by atoms with E-state index < -0.39 is 0 Å². The smallest absolute Gasteiger partial charge is 0.144 e. The van der Waals surface area contributed by atoms with Crippen molar-refractivity contribution in [2.24, 2.45) is 5.92 Å². The summed E-state index contributed by atoms with van der Waals surface area (Å²) in [5, 5.41) is 8.92. The average molecular weight is 306 g/mol.